The maximum Gasteiger partial charge on any atom is 0.289 e. The molecule has 0 spiro atoms. The average Bonchev–Trinajstić information content (AvgIpc) is 3.09. The molecule has 1 N–H and O–H groups in total. The predicted molar refractivity (Wildman–Crippen MR) is 89.4 cm³/mol. The number of amides is 1. The van der Waals surface area contributed by atoms with Crippen molar-refractivity contribution in [3.63, 3.8) is 0 Å². The minimum Gasteiger partial charge on any atom is -0.493 e. The second-order valence-corrected chi connectivity index (χ2v) is 5.76. The Kier molecular flexibility index (Phi) is 5.05. The van der Waals surface area contributed by atoms with Gasteiger partial charge in [-0.1, -0.05) is 12.1 Å². The highest BCUT2D eigenvalue weighted by Crippen LogP contribution is 2.27. The Morgan fingerprint density at radius 3 is 2.83 bits per heavy atom. The lowest BCUT2D eigenvalue weighted by Crippen LogP contribution is -2.52. The van der Waals surface area contributed by atoms with Crippen LogP contribution in [0.5, 0.6) is 11.5 Å². The van der Waals surface area contributed by atoms with E-state index in [1.165, 1.54) is 0 Å². The lowest BCUT2D eigenvalue weighted by Gasteiger charge is -2.33. The smallest absolute Gasteiger partial charge is 0.289 e. The Hall–Kier alpha value is -2.47. The molecule has 6 heteroatoms. The molecule has 0 aliphatic carbocycles. The van der Waals surface area contributed by atoms with Gasteiger partial charge in [0.2, 0.25) is 0 Å². The first kappa shape index (κ1) is 16.4. The van der Waals surface area contributed by atoms with Crippen LogP contribution < -0.4 is 14.8 Å². The summed E-state index contributed by atoms with van der Waals surface area (Å²) in [5.41, 5.74) is 0. The fourth-order valence-corrected chi connectivity index (χ4v) is 2.74. The summed E-state index contributed by atoms with van der Waals surface area (Å²) in [6.45, 7) is 4.56. The number of methoxy groups -OCH3 is 1. The molecular formula is C18H22N2O4. The highest BCUT2D eigenvalue weighted by Gasteiger charge is 2.26. The lowest BCUT2D eigenvalue weighted by molar-refractivity contribution is 0.0619. The number of para-hydroxylation sites is 2. The monoisotopic (exact) mass is 330 g/mol. The Morgan fingerprint density at radius 2 is 2.08 bits per heavy atom. The van der Waals surface area contributed by atoms with Gasteiger partial charge in [0, 0.05) is 25.7 Å². The van der Waals surface area contributed by atoms with E-state index in [9.17, 15) is 4.79 Å². The summed E-state index contributed by atoms with van der Waals surface area (Å²) in [6.07, 6.45) is 0. The average molecular weight is 330 g/mol. The van der Waals surface area contributed by atoms with Crippen LogP contribution in [-0.2, 0) is 6.61 Å². The van der Waals surface area contributed by atoms with Crippen molar-refractivity contribution in [2.75, 3.05) is 26.7 Å². The first-order chi connectivity index (χ1) is 11.7. The molecule has 24 heavy (non-hydrogen) atoms. The Morgan fingerprint density at radius 1 is 1.29 bits per heavy atom. The van der Waals surface area contributed by atoms with Gasteiger partial charge in [-0.25, -0.2) is 0 Å². The normalized spacial score (nSPS) is 17.6. The van der Waals surface area contributed by atoms with E-state index in [2.05, 4.69) is 5.32 Å². The van der Waals surface area contributed by atoms with E-state index >= 15 is 0 Å². The third-order valence-corrected chi connectivity index (χ3v) is 4.07. The van der Waals surface area contributed by atoms with E-state index in [1.54, 1.807) is 19.2 Å². The summed E-state index contributed by atoms with van der Waals surface area (Å²) in [4.78, 5) is 14.4. The molecule has 1 aromatic carbocycles. The molecule has 0 unspecified atom stereocenters. The van der Waals surface area contributed by atoms with E-state index in [-0.39, 0.29) is 18.6 Å². The summed E-state index contributed by atoms with van der Waals surface area (Å²) in [5, 5.41) is 3.27. The number of furan rings is 1. The van der Waals surface area contributed by atoms with E-state index in [0.717, 1.165) is 13.1 Å². The molecule has 1 atom stereocenters. The van der Waals surface area contributed by atoms with Crippen molar-refractivity contribution in [2.24, 2.45) is 0 Å². The number of piperazine rings is 1. The zero-order chi connectivity index (χ0) is 16.9. The second-order valence-electron chi connectivity index (χ2n) is 5.76. The molecule has 0 saturated carbocycles. The maximum absolute atomic E-state index is 12.5. The van der Waals surface area contributed by atoms with Gasteiger partial charge in [0.1, 0.15) is 12.4 Å². The first-order valence-electron chi connectivity index (χ1n) is 8.05. The minimum absolute atomic E-state index is 0.0764. The molecule has 1 amide bonds. The van der Waals surface area contributed by atoms with Crippen molar-refractivity contribution < 1.29 is 18.7 Å². The summed E-state index contributed by atoms with van der Waals surface area (Å²) in [7, 11) is 1.60. The number of nitrogens with zero attached hydrogens (tertiary/aromatic N) is 1. The van der Waals surface area contributed by atoms with Crippen LogP contribution in [0.4, 0.5) is 0 Å². The molecule has 1 aliphatic heterocycles. The third kappa shape index (κ3) is 3.54. The number of rotatable bonds is 5. The molecule has 6 nitrogen and oxygen atoms in total. The SMILES string of the molecule is COc1ccccc1OCc1ccc(C(=O)N2CCNC[C@H]2C)o1. The van der Waals surface area contributed by atoms with E-state index in [0.29, 0.717) is 29.6 Å². The third-order valence-electron chi connectivity index (χ3n) is 4.07. The second kappa shape index (κ2) is 7.40. The van der Waals surface area contributed by atoms with Gasteiger partial charge >= 0.3 is 0 Å². The van der Waals surface area contributed by atoms with Gasteiger partial charge in [0.25, 0.3) is 5.91 Å². The number of carbonyl (C=O) groups excluding carboxylic acids is 1. The molecule has 1 saturated heterocycles. The fourth-order valence-electron chi connectivity index (χ4n) is 2.74. The van der Waals surface area contributed by atoms with Gasteiger partial charge in [-0.2, -0.15) is 0 Å². The number of carbonyl (C=O) groups is 1. The fraction of sp³-hybridized carbons (Fsp3) is 0.389. The van der Waals surface area contributed by atoms with Gasteiger partial charge in [0.05, 0.1) is 7.11 Å². The summed E-state index contributed by atoms with van der Waals surface area (Å²) < 4.78 is 16.6. The highest BCUT2D eigenvalue weighted by atomic mass is 16.5. The molecule has 3 rings (SSSR count). The first-order valence-corrected chi connectivity index (χ1v) is 8.05. The highest BCUT2D eigenvalue weighted by molar-refractivity contribution is 5.91. The van der Waals surface area contributed by atoms with Crippen LogP contribution >= 0.6 is 0 Å². The molecule has 0 radical (unpaired) electrons. The van der Waals surface area contributed by atoms with Crippen molar-refractivity contribution in [1.29, 1.82) is 0 Å². The molecule has 0 bridgehead atoms. The van der Waals surface area contributed by atoms with Crippen molar-refractivity contribution in [3.8, 4) is 11.5 Å². The number of nitrogens with one attached hydrogen (secondary N) is 1. The van der Waals surface area contributed by atoms with Gasteiger partial charge in [-0.3, -0.25) is 4.79 Å². The standard InChI is InChI=1S/C18H22N2O4/c1-13-11-19-9-10-20(13)18(21)17-8-7-14(24-17)12-23-16-6-4-3-5-15(16)22-2/h3-8,13,19H,9-12H2,1-2H3/t13-/m1/s1. The van der Waals surface area contributed by atoms with Crippen molar-refractivity contribution in [2.45, 2.75) is 19.6 Å². The zero-order valence-corrected chi connectivity index (χ0v) is 14.0. The topological polar surface area (TPSA) is 63.9 Å². The maximum atomic E-state index is 12.5. The van der Waals surface area contributed by atoms with Crippen LogP contribution in [0, 0.1) is 0 Å². The van der Waals surface area contributed by atoms with Crippen LogP contribution in [0.2, 0.25) is 0 Å². The van der Waals surface area contributed by atoms with Crippen LogP contribution in [0.25, 0.3) is 0 Å². The van der Waals surface area contributed by atoms with Gasteiger partial charge in [0.15, 0.2) is 17.3 Å². The molecular weight excluding hydrogens is 308 g/mol. The Bertz CT molecular complexity index is 698. The Balaban J connectivity index is 1.64. The number of ether oxygens (including phenoxy) is 2. The largest absolute Gasteiger partial charge is 0.493 e. The number of hydrogen-bond acceptors (Lipinski definition) is 5. The summed E-state index contributed by atoms with van der Waals surface area (Å²) >= 11 is 0. The quantitative estimate of drug-likeness (QED) is 0.911. The van der Waals surface area contributed by atoms with Gasteiger partial charge in [-0.15, -0.1) is 0 Å². The van der Waals surface area contributed by atoms with Crippen LogP contribution in [-0.4, -0.2) is 43.6 Å². The van der Waals surface area contributed by atoms with Gasteiger partial charge in [-0.05, 0) is 31.2 Å². The number of hydrogen-bond donors (Lipinski definition) is 1. The lowest BCUT2D eigenvalue weighted by atomic mass is 10.2. The predicted octanol–water partition coefficient (Wildman–Crippen LogP) is 2.30. The molecule has 2 aromatic rings. The van der Waals surface area contributed by atoms with Crippen molar-refractivity contribution >= 4 is 5.91 Å². The molecule has 1 fully saturated rings. The van der Waals surface area contributed by atoms with Crippen LogP contribution in [0.15, 0.2) is 40.8 Å². The Labute approximate surface area is 141 Å². The zero-order valence-electron chi connectivity index (χ0n) is 14.0. The van der Waals surface area contributed by atoms with E-state index in [4.69, 9.17) is 13.9 Å². The summed E-state index contributed by atoms with van der Waals surface area (Å²) in [6, 6.07) is 11.1. The van der Waals surface area contributed by atoms with Crippen molar-refractivity contribution in [3.05, 3.63) is 47.9 Å². The number of benzene rings is 1. The molecule has 128 valence electrons. The van der Waals surface area contributed by atoms with Crippen LogP contribution in [0.3, 0.4) is 0 Å². The van der Waals surface area contributed by atoms with E-state index < -0.39 is 0 Å². The minimum atomic E-state index is -0.0764. The summed E-state index contributed by atoms with van der Waals surface area (Å²) in [5.74, 6) is 2.18. The molecule has 1 aliphatic rings. The van der Waals surface area contributed by atoms with Gasteiger partial charge < -0.3 is 24.1 Å². The van der Waals surface area contributed by atoms with Crippen molar-refractivity contribution in [1.82, 2.24) is 10.2 Å². The molecule has 1 aromatic heterocycles. The van der Waals surface area contributed by atoms with E-state index in [1.807, 2.05) is 36.1 Å². The molecule has 2 heterocycles. The van der Waals surface area contributed by atoms with Crippen LogP contribution in [0.1, 0.15) is 23.2 Å².